The van der Waals surface area contributed by atoms with E-state index in [0.29, 0.717) is 0 Å². The van der Waals surface area contributed by atoms with Gasteiger partial charge in [0.2, 0.25) is 0 Å². The van der Waals surface area contributed by atoms with Crippen molar-refractivity contribution in [2.45, 2.75) is 6.92 Å². The molecule has 0 spiro atoms. The number of benzene rings is 2. The highest BCUT2D eigenvalue weighted by atomic mass is 19.1. The Kier molecular flexibility index (Phi) is 3.81. The second kappa shape index (κ2) is 6.11. The van der Waals surface area contributed by atoms with Crippen molar-refractivity contribution in [3.05, 3.63) is 66.0 Å². The van der Waals surface area contributed by atoms with Gasteiger partial charge >= 0.3 is 0 Å². The van der Waals surface area contributed by atoms with Crippen LogP contribution < -0.4 is 9.80 Å². The maximum absolute atomic E-state index is 13.1. The lowest BCUT2D eigenvalue weighted by Gasteiger charge is -2.37. The summed E-state index contributed by atoms with van der Waals surface area (Å²) in [5.74, 6) is 0.859. The number of para-hydroxylation sites is 1. The Bertz CT molecular complexity index is 852. The van der Waals surface area contributed by atoms with E-state index < -0.39 is 0 Å². The molecule has 24 heavy (non-hydrogen) atoms. The zero-order chi connectivity index (χ0) is 16.5. The second-order valence-corrected chi connectivity index (χ2v) is 6.27. The van der Waals surface area contributed by atoms with Crippen LogP contribution in [0.5, 0.6) is 0 Å². The Balaban J connectivity index is 1.52. The summed E-state index contributed by atoms with van der Waals surface area (Å²) in [6.07, 6.45) is 0. The molecule has 1 aromatic heterocycles. The predicted molar refractivity (Wildman–Crippen MR) is 97.3 cm³/mol. The van der Waals surface area contributed by atoms with Crippen LogP contribution in [0.25, 0.3) is 10.9 Å². The maximum atomic E-state index is 13.1. The van der Waals surface area contributed by atoms with E-state index in [9.17, 15) is 4.39 Å². The fourth-order valence-electron chi connectivity index (χ4n) is 3.34. The minimum Gasteiger partial charge on any atom is -0.368 e. The third-order valence-electron chi connectivity index (χ3n) is 4.70. The normalized spacial score (nSPS) is 15.1. The minimum atomic E-state index is -0.187. The van der Waals surface area contributed by atoms with Gasteiger partial charge in [-0.25, -0.2) is 9.37 Å². The van der Waals surface area contributed by atoms with Crippen molar-refractivity contribution >= 4 is 22.4 Å². The van der Waals surface area contributed by atoms with Gasteiger partial charge in [0.25, 0.3) is 0 Å². The van der Waals surface area contributed by atoms with E-state index in [1.807, 2.05) is 18.2 Å². The van der Waals surface area contributed by atoms with Crippen LogP contribution in [-0.4, -0.2) is 31.2 Å². The lowest BCUT2D eigenvalue weighted by Crippen LogP contribution is -2.46. The molecule has 4 heteroatoms. The molecule has 2 aromatic carbocycles. The van der Waals surface area contributed by atoms with Crippen LogP contribution >= 0.6 is 0 Å². The van der Waals surface area contributed by atoms with Crippen LogP contribution in [0.3, 0.4) is 0 Å². The summed E-state index contributed by atoms with van der Waals surface area (Å²) in [6, 6.07) is 17.2. The van der Waals surface area contributed by atoms with Crippen LogP contribution in [0.4, 0.5) is 15.9 Å². The molecule has 4 rings (SSSR count). The monoisotopic (exact) mass is 321 g/mol. The zero-order valence-electron chi connectivity index (χ0n) is 13.7. The molecule has 0 unspecified atom stereocenters. The maximum Gasteiger partial charge on any atom is 0.129 e. The SMILES string of the molecule is Cc1cc(N2CCN(c3ccc(F)cc3)CC2)nc2ccccc12. The van der Waals surface area contributed by atoms with Gasteiger partial charge in [-0.1, -0.05) is 18.2 Å². The highest BCUT2D eigenvalue weighted by Gasteiger charge is 2.19. The van der Waals surface area contributed by atoms with E-state index in [0.717, 1.165) is 43.2 Å². The Labute approximate surface area is 141 Å². The van der Waals surface area contributed by atoms with Gasteiger partial charge in [-0.3, -0.25) is 0 Å². The van der Waals surface area contributed by atoms with E-state index >= 15 is 0 Å². The van der Waals surface area contributed by atoms with Gasteiger partial charge in [-0.05, 0) is 48.9 Å². The first-order valence-corrected chi connectivity index (χ1v) is 8.32. The average Bonchev–Trinajstić information content (AvgIpc) is 2.62. The van der Waals surface area contributed by atoms with Gasteiger partial charge in [-0.15, -0.1) is 0 Å². The molecule has 1 saturated heterocycles. The van der Waals surface area contributed by atoms with Crippen molar-refractivity contribution in [2.75, 3.05) is 36.0 Å². The number of halogens is 1. The number of nitrogens with zero attached hydrogens (tertiary/aromatic N) is 3. The third kappa shape index (κ3) is 2.80. The summed E-state index contributed by atoms with van der Waals surface area (Å²) in [5, 5.41) is 1.21. The third-order valence-corrected chi connectivity index (χ3v) is 4.70. The number of aryl methyl sites for hydroxylation is 1. The molecule has 0 aliphatic carbocycles. The van der Waals surface area contributed by atoms with Gasteiger partial charge in [-0.2, -0.15) is 0 Å². The van der Waals surface area contributed by atoms with Crippen molar-refractivity contribution in [1.29, 1.82) is 0 Å². The fourth-order valence-corrected chi connectivity index (χ4v) is 3.34. The molecular formula is C20H20FN3. The molecule has 2 heterocycles. The van der Waals surface area contributed by atoms with Crippen LogP contribution in [0.15, 0.2) is 54.6 Å². The molecule has 0 atom stereocenters. The topological polar surface area (TPSA) is 19.4 Å². The second-order valence-electron chi connectivity index (χ2n) is 6.27. The summed E-state index contributed by atoms with van der Waals surface area (Å²) in [4.78, 5) is 9.46. The summed E-state index contributed by atoms with van der Waals surface area (Å²) in [7, 11) is 0. The van der Waals surface area contributed by atoms with Crippen LogP contribution in [0.1, 0.15) is 5.56 Å². The van der Waals surface area contributed by atoms with E-state index in [2.05, 4.69) is 41.0 Å². The Morgan fingerprint density at radius 3 is 2.29 bits per heavy atom. The zero-order valence-corrected chi connectivity index (χ0v) is 13.7. The van der Waals surface area contributed by atoms with Gasteiger partial charge < -0.3 is 9.80 Å². The molecule has 122 valence electrons. The Hall–Kier alpha value is -2.62. The average molecular weight is 321 g/mol. The highest BCUT2D eigenvalue weighted by Crippen LogP contribution is 2.24. The predicted octanol–water partition coefficient (Wildman–Crippen LogP) is 4.01. The number of piperazine rings is 1. The van der Waals surface area contributed by atoms with Crippen LogP contribution in [0.2, 0.25) is 0 Å². The van der Waals surface area contributed by atoms with Gasteiger partial charge in [0.1, 0.15) is 11.6 Å². The number of hydrogen-bond donors (Lipinski definition) is 0. The standard InChI is InChI=1S/C20H20FN3/c1-15-14-20(22-19-5-3-2-4-18(15)19)24-12-10-23(11-13-24)17-8-6-16(21)7-9-17/h2-9,14H,10-13H2,1H3. The summed E-state index contributed by atoms with van der Waals surface area (Å²) in [5.41, 5.74) is 3.39. The van der Waals surface area contributed by atoms with E-state index in [4.69, 9.17) is 4.98 Å². The lowest BCUT2D eigenvalue weighted by molar-refractivity contribution is 0.624. The van der Waals surface area contributed by atoms with Crippen LogP contribution in [-0.2, 0) is 0 Å². The number of rotatable bonds is 2. The molecular weight excluding hydrogens is 301 g/mol. The van der Waals surface area contributed by atoms with Crippen molar-refractivity contribution in [3.63, 3.8) is 0 Å². The molecule has 0 bridgehead atoms. The van der Waals surface area contributed by atoms with Crippen molar-refractivity contribution in [3.8, 4) is 0 Å². The van der Waals surface area contributed by atoms with Crippen LogP contribution in [0, 0.1) is 12.7 Å². The van der Waals surface area contributed by atoms with E-state index in [-0.39, 0.29) is 5.82 Å². The smallest absolute Gasteiger partial charge is 0.129 e. The number of hydrogen-bond acceptors (Lipinski definition) is 3. The quantitative estimate of drug-likeness (QED) is 0.711. The Morgan fingerprint density at radius 2 is 1.54 bits per heavy atom. The van der Waals surface area contributed by atoms with Crippen molar-refractivity contribution in [1.82, 2.24) is 4.98 Å². The summed E-state index contributed by atoms with van der Waals surface area (Å²) in [6.45, 7) is 5.81. The van der Waals surface area contributed by atoms with Crippen molar-refractivity contribution < 1.29 is 4.39 Å². The lowest BCUT2D eigenvalue weighted by atomic mass is 10.1. The molecule has 0 amide bonds. The van der Waals surface area contributed by atoms with Crippen molar-refractivity contribution in [2.24, 2.45) is 0 Å². The summed E-state index contributed by atoms with van der Waals surface area (Å²) >= 11 is 0. The highest BCUT2D eigenvalue weighted by molar-refractivity contribution is 5.83. The van der Waals surface area contributed by atoms with Gasteiger partial charge in [0, 0.05) is 37.3 Å². The Morgan fingerprint density at radius 1 is 0.875 bits per heavy atom. The fraction of sp³-hybridized carbons (Fsp3) is 0.250. The number of pyridine rings is 1. The molecule has 1 aliphatic heterocycles. The molecule has 0 N–H and O–H groups in total. The molecule has 3 aromatic rings. The largest absolute Gasteiger partial charge is 0.368 e. The minimum absolute atomic E-state index is 0.187. The van der Waals surface area contributed by atoms with E-state index in [1.165, 1.54) is 23.1 Å². The number of anilines is 2. The van der Waals surface area contributed by atoms with Gasteiger partial charge in [0.05, 0.1) is 5.52 Å². The molecule has 0 saturated carbocycles. The molecule has 1 aliphatic rings. The first-order chi connectivity index (χ1) is 11.7. The number of aromatic nitrogens is 1. The molecule has 1 fully saturated rings. The first-order valence-electron chi connectivity index (χ1n) is 8.32. The summed E-state index contributed by atoms with van der Waals surface area (Å²) < 4.78 is 13.1. The number of fused-ring (bicyclic) bond motifs is 1. The molecule has 0 radical (unpaired) electrons. The van der Waals surface area contributed by atoms with Gasteiger partial charge in [0.15, 0.2) is 0 Å². The molecule has 3 nitrogen and oxygen atoms in total. The van der Waals surface area contributed by atoms with E-state index in [1.54, 1.807) is 0 Å². The first kappa shape index (κ1) is 14.9.